The lowest BCUT2D eigenvalue weighted by atomic mass is 9.88. The van der Waals surface area contributed by atoms with Gasteiger partial charge in [-0.15, -0.1) is 0 Å². The maximum absolute atomic E-state index is 13.9. The number of carboxylic acid groups (broad SMARTS) is 1. The number of nitrogens with one attached hydrogen (secondary N) is 1. The number of carbonyl (C=O) groups is 2. The van der Waals surface area contributed by atoms with Crippen molar-refractivity contribution in [2.24, 2.45) is 11.8 Å². The van der Waals surface area contributed by atoms with Gasteiger partial charge in [0.05, 0.1) is 10.6 Å². The van der Waals surface area contributed by atoms with Gasteiger partial charge in [-0.2, -0.15) is 0 Å². The Balaban J connectivity index is 1.29. The molecule has 1 aliphatic rings. The number of rotatable bonds is 6. The molecule has 0 aliphatic heterocycles. The van der Waals surface area contributed by atoms with E-state index in [9.17, 15) is 23.5 Å². The molecule has 34 heavy (non-hydrogen) atoms. The van der Waals surface area contributed by atoms with Crippen molar-refractivity contribution in [1.29, 1.82) is 0 Å². The summed E-state index contributed by atoms with van der Waals surface area (Å²) in [5, 5.41) is 12.9. The number of Topliss-reactive ketones (excluding diaryl/α,β-unsaturated/α-hetero) is 1. The van der Waals surface area contributed by atoms with Crippen LogP contribution in [0.4, 0.5) is 19.6 Å². The third-order valence-electron chi connectivity index (χ3n) is 6.22. The molecule has 172 valence electrons. The summed E-state index contributed by atoms with van der Waals surface area (Å²) in [4.78, 5) is 28.4. The average Bonchev–Trinajstić information content (AvgIpc) is 3.47. The highest BCUT2D eigenvalue weighted by Gasteiger charge is 2.37. The quantitative estimate of drug-likeness (QED) is 0.303. The van der Waals surface area contributed by atoms with E-state index in [-0.39, 0.29) is 11.3 Å². The summed E-state index contributed by atoms with van der Waals surface area (Å²) in [5.74, 6) is -3.39. The van der Waals surface area contributed by atoms with Gasteiger partial charge in [0, 0.05) is 23.2 Å². The van der Waals surface area contributed by atoms with Crippen LogP contribution < -0.4 is 5.32 Å². The predicted molar refractivity (Wildman–Crippen MR) is 127 cm³/mol. The highest BCUT2D eigenvalue weighted by molar-refractivity contribution is 7.22. The monoisotopic (exact) mass is 478 g/mol. The Morgan fingerprint density at radius 1 is 0.941 bits per heavy atom. The van der Waals surface area contributed by atoms with E-state index in [1.807, 2.05) is 36.4 Å². The highest BCUT2D eigenvalue weighted by Crippen LogP contribution is 2.35. The zero-order valence-electron chi connectivity index (χ0n) is 17.9. The second-order valence-electron chi connectivity index (χ2n) is 8.38. The Kier molecular flexibility index (Phi) is 5.83. The lowest BCUT2D eigenvalue weighted by Gasteiger charge is -2.14. The molecule has 1 aliphatic carbocycles. The van der Waals surface area contributed by atoms with Gasteiger partial charge in [0.15, 0.2) is 16.7 Å². The van der Waals surface area contributed by atoms with E-state index in [1.165, 1.54) is 17.4 Å². The molecule has 5 rings (SSSR count). The van der Waals surface area contributed by atoms with E-state index in [0.29, 0.717) is 28.2 Å². The third-order valence-corrected chi connectivity index (χ3v) is 7.14. The van der Waals surface area contributed by atoms with E-state index in [1.54, 1.807) is 12.1 Å². The van der Waals surface area contributed by atoms with Gasteiger partial charge in [-0.1, -0.05) is 54.2 Å². The summed E-state index contributed by atoms with van der Waals surface area (Å²) < 4.78 is 27.7. The molecule has 2 N–H and O–H groups in total. The smallest absolute Gasteiger partial charge is 0.307 e. The first-order valence-corrected chi connectivity index (χ1v) is 11.7. The molecule has 2 atom stereocenters. The second-order valence-corrected chi connectivity index (χ2v) is 9.41. The minimum Gasteiger partial charge on any atom is -0.481 e. The van der Waals surface area contributed by atoms with E-state index in [0.717, 1.165) is 29.3 Å². The largest absolute Gasteiger partial charge is 0.481 e. The lowest BCUT2D eigenvalue weighted by molar-refractivity contribution is -0.142. The minimum absolute atomic E-state index is 0.108. The zero-order chi connectivity index (χ0) is 23.8. The van der Waals surface area contributed by atoms with Crippen LogP contribution in [-0.4, -0.2) is 21.8 Å². The van der Waals surface area contributed by atoms with Gasteiger partial charge in [-0.25, -0.2) is 13.8 Å². The summed E-state index contributed by atoms with van der Waals surface area (Å²) in [6.45, 7) is 0. The molecule has 1 saturated carbocycles. The Morgan fingerprint density at radius 3 is 2.26 bits per heavy atom. The maximum atomic E-state index is 13.9. The van der Waals surface area contributed by atoms with Gasteiger partial charge >= 0.3 is 5.97 Å². The van der Waals surface area contributed by atoms with Crippen molar-refractivity contribution in [2.45, 2.75) is 19.3 Å². The van der Waals surface area contributed by atoms with E-state index < -0.39 is 29.4 Å². The first kappa shape index (κ1) is 22.2. The van der Waals surface area contributed by atoms with Gasteiger partial charge in [0.2, 0.25) is 0 Å². The summed E-state index contributed by atoms with van der Waals surface area (Å²) in [7, 11) is 0. The molecule has 1 unspecified atom stereocenters. The lowest BCUT2D eigenvalue weighted by Crippen LogP contribution is -2.25. The van der Waals surface area contributed by atoms with E-state index >= 15 is 0 Å². The fourth-order valence-corrected chi connectivity index (χ4v) is 5.42. The number of fused-ring (bicyclic) bond motifs is 1. The predicted octanol–water partition coefficient (Wildman–Crippen LogP) is 6.67. The Hall–Kier alpha value is -3.65. The maximum Gasteiger partial charge on any atom is 0.307 e. The summed E-state index contributed by atoms with van der Waals surface area (Å²) in [6.07, 6.45) is 1.92. The van der Waals surface area contributed by atoms with Crippen molar-refractivity contribution in [3.8, 4) is 11.1 Å². The number of nitrogens with zero attached hydrogens (tertiary/aromatic N) is 1. The molecule has 0 radical (unpaired) electrons. The number of hydrogen-bond donors (Lipinski definition) is 2. The van der Waals surface area contributed by atoms with Gasteiger partial charge in [-0.05, 0) is 42.2 Å². The van der Waals surface area contributed by atoms with Crippen LogP contribution in [0.2, 0.25) is 0 Å². The fraction of sp³-hybridized carbons (Fsp3) is 0.192. The number of aromatic nitrogens is 1. The van der Waals surface area contributed by atoms with Crippen molar-refractivity contribution in [2.75, 3.05) is 5.32 Å². The Labute approximate surface area is 198 Å². The number of benzene rings is 3. The summed E-state index contributed by atoms with van der Waals surface area (Å²) in [6, 6.07) is 16.8. The standard InChI is InChI=1S/C26H20F2N2O3S/c27-17-12-21(28)23-22(13-17)34-26(30-23)29-18-10-8-15(9-11-18)14-4-6-16(7-5-14)24(31)19-2-1-3-20(19)25(32)33/h4-13,19-20H,1-3H2,(H,29,30)(H,32,33)/t19-,20?/m0/s1. The van der Waals surface area contributed by atoms with Crippen LogP contribution in [-0.2, 0) is 4.79 Å². The molecule has 0 saturated heterocycles. The van der Waals surface area contributed by atoms with Crippen LogP contribution in [0.5, 0.6) is 0 Å². The number of anilines is 2. The van der Waals surface area contributed by atoms with Crippen molar-refractivity contribution in [3.05, 3.63) is 77.9 Å². The molecule has 0 spiro atoms. The van der Waals surface area contributed by atoms with Crippen LogP contribution in [0.1, 0.15) is 29.6 Å². The number of aliphatic carboxylic acids is 1. The first-order chi connectivity index (χ1) is 16.4. The van der Waals surface area contributed by atoms with Crippen molar-refractivity contribution in [3.63, 3.8) is 0 Å². The van der Waals surface area contributed by atoms with Gasteiger partial charge in [-0.3, -0.25) is 9.59 Å². The molecule has 1 aromatic heterocycles. The third kappa shape index (κ3) is 4.28. The number of hydrogen-bond acceptors (Lipinski definition) is 5. The normalized spacial score (nSPS) is 17.7. The molecule has 0 bridgehead atoms. The van der Waals surface area contributed by atoms with Gasteiger partial charge in [0.1, 0.15) is 11.3 Å². The van der Waals surface area contributed by atoms with Gasteiger partial charge in [0.25, 0.3) is 0 Å². The molecule has 8 heteroatoms. The summed E-state index contributed by atoms with van der Waals surface area (Å²) in [5.41, 5.74) is 3.26. The van der Waals surface area contributed by atoms with Gasteiger partial charge < -0.3 is 10.4 Å². The van der Waals surface area contributed by atoms with Crippen LogP contribution in [0.3, 0.4) is 0 Å². The SMILES string of the molecule is O=C(O)C1CCC[C@@H]1C(=O)c1ccc(-c2ccc(Nc3nc4c(F)cc(F)cc4s3)cc2)cc1. The molecular formula is C26H20F2N2O3S. The highest BCUT2D eigenvalue weighted by atomic mass is 32.1. The number of ketones is 1. The van der Waals surface area contributed by atoms with Crippen LogP contribution in [0.25, 0.3) is 21.3 Å². The zero-order valence-corrected chi connectivity index (χ0v) is 18.7. The van der Waals surface area contributed by atoms with Crippen LogP contribution in [0, 0.1) is 23.5 Å². The molecule has 1 fully saturated rings. The number of carbonyl (C=O) groups excluding carboxylic acids is 1. The van der Waals surface area contributed by atoms with E-state index in [2.05, 4.69) is 10.3 Å². The van der Waals surface area contributed by atoms with Crippen molar-refractivity contribution < 1.29 is 23.5 Å². The number of thiazole rings is 1. The summed E-state index contributed by atoms with van der Waals surface area (Å²) >= 11 is 1.17. The fourth-order valence-electron chi connectivity index (χ4n) is 4.49. The second kappa shape index (κ2) is 8.95. The van der Waals surface area contributed by atoms with Crippen molar-refractivity contribution >= 4 is 44.1 Å². The molecule has 4 aromatic rings. The Morgan fingerprint density at radius 2 is 1.59 bits per heavy atom. The van der Waals surface area contributed by atoms with Crippen molar-refractivity contribution in [1.82, 2.24) is 4.98 Å². The Bertz CT molecular complexity index is 1380. The molecule has 5 nitrogen and oxygen atoms in total. The van der Waals surface area contributed by atoms with Crippen LogP contribution >= 0.6 is 11.3 Å². The molecule has 1 heterocycles. The van der Waals surface area contributed by atoms with E-state index in [4.69, 9.17) is 0 Å². The topological polar surface area (TPSA) is 79.3 Å². The molecule has 0 amide bonds. The average molecular weight is 479 g/mol. The van der Waals surface area contributed by atoms with Crippen LogP contribution in [0.15, 0.2) is 60.7 Å². The first-order valence-electron chi connectivity index (χ1n) is 10.9. The minimum atomic E-state index is -0.899. The number of halogens is 2. The molecular weight excluding hydrogens is 458 g/mol. The number of carboxylic acids is 1. The molecule has 3 aromatic carbocycles.